The molecule has 6 nitrogen and oxygen atoms in total. The zero-order valence-electron chi connectivity index (χ0n) is 54.8. The molecule has 100 heavy (non-hydrogen) atoms. The van der Waals surface area contributed by atoms with Gasteiger partial charge in [-0.05, 0) is 128 Å². The predicted octanol–water partition coefficient (Wildman–Crippen LogP) is 24.7. The second-order valence-corrected chi connectivity index (χ2v) is 27.4. The first-order valence-corrected chi connectivity index (χ1v) is 34.8. The van der Waals surface area contributed by atoms with E-state index >= 15 is 0 Å². The van der Waals surface area contributed by atoms with Gasteiger partial charge < -0.3 is 0 Å². The molecule has 3 aromatic heterocycles. The number of fused-ring (bicyclic) bond motifs is 20. The summed E-state index contributed by atoms with van der Waals surface area (Å²) in [5, 5.41) is 18.2. The molecule has 0 amide bonds. The molecule has 0 aliphatic heterocycles. The van der Waals surface area contributed by atoms with E-state index in [-0.39, 0.29) is 5.41 Å². The number of hydrogen-bond acceptors (Lipinski definition) is 7. The van der Waals surface area contributed by atoms with E-state index in [0.29, 0.717) is 34.9 Å². The second kappa shape index (κ2) is 23.8. The van der Waals surface area contributed by atoms with Crippen molar-refractivity contribution in [3.63, 3.8) is 0 Å². The van der Waals surface area contributed by atoms with E-state index in [9.17, 15) is 0 Å². The van der Waals surface area contributed by atoms with Crippen LogP contribution in [-0.4, -0.2) is 29.9 Å². The van der Waals surface area contributed by atoms with E-state index in [0.717, 1.165) is 55.6 Å². The number of hydrogen-bond donors (Lipinski definition) is 0. The molecule has 0 atom stereocenters. The molecule has 0 N–H and O–H groups in total. The Morgan fingerprint density at radius 2 is 0.630 bits per heavy atom. The van der Waals surface area contributed by atoms with Crippen molar-refractivity contribution >= 4 is 96.1 Å². The van der Waals surface area contributed by atoms with Crippen LogP contribution in [0, 0.1) is 0 Å². The largest absolute Gasteiger partial charge is 0.208 e. The van der Waals surface area contributed by atoms with Crippen molar-refractivity contribution in [1.29, 1.82) is 0 Å². The molecule has 0 unspecified atom stereocenters. The van der Waals surface area contributed by atoms with Crippen LogP contribution in [0.3, 0.4) is 0 Å². The van der Waals surface area contributed by atoms with Crippen molar-refractivity contribution in [2.24, 2.45) is 0 Å². The highest BCUT2D eigenvalue weighted by molar-refractivity contribution is 7.27. The molecule has 7 heteroatoms. The third-order valence-corrected chi connectivity index (χ3v) is 21.4. The first-order chi connectivity index (χ1) is 49.3. The smallest absolute Gasteiger partial charge is 0.164 e. The summed E-state index contributed by atoms with van der Waals surface area (Å²) in [7, 11) is 0. The van der Waals surface area contributed by atoms with Crippen LogP contribution in [0.4, 0.5) is 0 Å². The molecule has 3 heterocycles. The van der Waals surface area contributed by atoms with E-state index in [1.165, 1.54) is 107 Å². The molecule has 1 aliphatic carbocycles. The minimum Gasteiger partial charge on any atom is -0.208 e. The van der Waals surface area contributed by atoms with Crippen LogP contribution in [0.15, 0.2) is 328 Å². The van der Waals surface area contributed by atoms with Gasteiger partial charge in [-0.25, -0.2) is 29.9 Å². The minimum atomic E-state index is -0.0992. The first kappa shape index (κ1) is 58.7. The van der Waals surface area contributed by atoms with Gasteiger partial charge in [0, 0.05) is 64.4 Å². The van der Waals surface area contributed by atoms with Crippen LogP contribution in [0.2, 0.25) is 0 Å². The molecule has 1 aliphatic rings. The lowest BCUT2D eigenvalue weighted by molar-refractivity contribution is 0.666. The Morgan fingerprint density at radius 3 is 1.22 bits per heavy atom. The molecule has 0 bridgehead atoms. The third kappa shape index (κ3) is 9.84. The lowest BCUT2D eigenvalue weighted by atomic mass is 9.78. The zero-order chi connectivity index (χ0) is 66.4. The maximum atomic E-state index is 5.05. The van der Waals surface area contributed by atoms with Crippen LogP contribution >= 0.6 is 11.3 Å². The lowest BCUT2D eigenvalue weighted by Crippen LogP contribution is -2.15. The Bertz CT molecular complexity index is 6370. The van der Waals surface area contributed by atoms with Crippen LogP contribution in [0.5, 0.6) is 0 Å². The Kier molecular flexibility index (Phi) is 14.0. The summed E-state index contributed by atoms with van der Waals surface area (Å²) >= 11 is 1.89. The standard InChI is InChI=1S/C48H33N3.C45H27N3S/c1-48(2)41-23-12-11-22-39(41)43-38-21-10-9-20-37(38)42-36-26-24-33(28-34(36)25-27-40(42)44(43)48)32-18-13-19-35(29-32)47-50-45(30-14-5-3-6-15-30)49-46(51-47)31-16-7-4-8-17-31;1-3-13-28(14-4-1)43-46-44(29-15-5-2-6-16-29)48-45(47-43)36-20-10-7-17-32(36)30-23-25-33-31(27-30)24-26-38-40(33)34-18-8-9-19-35(34)41-37-21-11-12-22-39(37)49-42(38)41/h3-29H,1-2H3;1-27H. The highest BCUT2D eigenvalue weighted by atomic mass is 32.1. The number of benzene rings is 16. The van der Waals surface area contributed by atoms with E-state index in [1.54, 1.807) is 0 Å². The minimum absolute atomic E-state index is 0.0992. The van der Waals surface area contributed by atoms with Crippen molar-refractivity contribution < 1.29 is 0 Å². The van der Waals surface area contributed by atoms with Crippen LogP contribution < -0.4 is 0 Å². The molecular formula is C93H60N6S. The van der Waals surface area contributed by atoms with Gasteiger partial charge in [-0.3, -0.25) is 0 Å². The second-order valence-electron chi connectivity index (χ2n) is 26.4. The third-order valence-electron chi connectivity index (χ3n) is 20.2. The predicted molar refractivity (Wildman–Crippen MR) is 419 cm³/mol. The SMILES string of the molecule is CC1(C)c2ccccc2-c2c1c1ccc3cc(-c4cccc(-c5nc(-c6ccccc6)nc(-c6ccccc6)n5)c4)ccc3c1c1ccccc21.c1ccc(-c2nc(-c3ccccc3)nc(-c3ccccc3-c3ccc4c(ccc5c6sc7ccccc7c6c6ccccc6c45)c3)n2)cc1. The number of rotatable bonds is 8. The van der Waals surface area contributed by atoms with Gasteiger partial charge >= 0.3 is 0 Å². The van der Waals surface area contributed by atoms with Gasteiger partial charge in [0.2, 0.25) is 0 Å². The summed E-state index contributed by atoms with van der Waals surface area (Å²) in [6.45, 7) is 4.76. The van der Waals surface area contributed by atoms with Crippen LogP contribution in [0.25, 0.3) is 187 Å². The summed E-state index contributed by atoms with van der Waals surface area (Å²) in [6.07, 6.45) is 0. The van der Waals surface area contributed by atoms with E-state index in [1.807, 2.05) is 133 Å². The summed E-state index contributed by atoms with van der Waals surface area (Å²) in [6, 6.07) is 116. The van der Waals surface area contributed by atoms with E-state index < -0.39 is 0 Å². The fourth-order valence-electron chi connectivity index (χ4n) is 15.5. The van der Waals surface area contributed by atoms with Gasteiger partial charge in [-0.15, -0.1) is 11.3 Å². The fourth-order valence-corrected chi connectivity index (χ4v) is 16.8. The topological polar surface area (TPSA) is 77.3 Å². The Labute approximate surface area is 582 Å². The van der Waals surface area contributed by atoms with Crippen molar-refractivity contribution in [2.45, 2.75) is 19.3 Å². The van der Waals surface area contributed by atoms with Crippen molar-refractivity contribution in [3.05, 3.63) is 339 Å². The van der Waals surface area contributed by atoms with E-state index in [4.69, 9.17) is 29.9 Å². The molecular weight excluding hydrogens is 1230 g/mol. The van der Waals surface area contributed by atoms with Gasteiger partial charge in [-0.1, -0.05) is 317 Å². The molecule has 468 valence electrons. The Morgan fingerprint density at radius 1 is 0.240 bits per heavy atom. The molecule has 0 fully saturated rings. The Hall–Kier alpha value is -12.7. The molecule has 0 saturated carbocycles. The lowest BCUT2D eigenvalue weighted by Gasteiger charge is -2.24. The maximum Gasteiger partial charge on any atom is 0.164 e. The molecule has 0 saturated heterocycles. The van der Waals surface area contributed by atoms with E-state index in [2.05, 4.69) is 220 Å². The van der Waals surface area contributed by atoms with Crippen molar-refractivity contribution in [3.8, 4) is 102 Å². The first-order valence-electron chi connectivity index (χ1n) is 34.0. The fraction of sp³-hybridized carbons (Fsp3) is 0.0323. The monoisotopic (exact) mass is 1290 g/mol. The number of thiophene rings is 1. The maximum absolute atomic E-state index is 5.05. The van der Waals surface area contributed by atoms with Crippen molar-refractivity contribution in [1.82, 2.24) is 29.9 Å². The summed E-state index contributed by atoms with van der Waals surface area (Å²) < 4.78 is 2.68. The van der Waals surface area contributed by atoms with Gasteiger partial charge in [-0.2, -0.15) is 0 Å². The highest BCUT2D eigenvalue weighted by Crippen LogP contribution is 2.56. The molecule has 20 rings (SSSR count). The molecule has 19 aromatic rings. The van der Waals surface area contributed by atoms with Crippen LogP contribution in [-0.2, 0) is 5.41 Å². The number of nitrogens with zero attached hydrogens (tertiary/aromatic N) is 6. The van der Waals surface area contributed by atoms with Crippen molar-refractivity contribution in [2.75, 3.05) is 0 Å². The summed E-state index contributed by atoms with van der Waals surface area (Å²) in [5.41, 5.74) is 15.7. The van der Waals surface area contributed by atoms with Crippen LogP contribution in [0.1, 0.15) is 25.0 Å². The van der Waals surface area contributed by atoms with Gasteiger partial charge in [0.15, 0.2) is 34.9 Å². The molecule has 0 spiro atoms. The Balaban J connectivity index is 0.000000139. The summed E-state index contributed by atoms with van der Waals surface area (Å²) in [5.74, 6) is 3.94. The van der Waals surface area contributed by atoms with Gasteiger partial charge in [0.25, 0.3) is 0 Å². The highest BCUT2D eigenvalue weighted by Gasteiger charge is 2.38. The molecule has 0 radical (unpaired) electrons. The normalized spacial score (nSPS) is 12.4. The van der Waals surface area contributed by atoms with Gasteiger partial charge in [0.05, 0.1) is 0 Å². The van der Waals surface area contributed by atoms with Gasteiger partial charge in [0.1, 0.15) is 0 Å². The number of aromatic nitrogens is 6. The zero-order valence-corrected chi connectivity index (χ0v) is 55.6. The average Bonchev–Trinajstić information content (AvgIpc) is 1.50. The average molecular weight is 1290 g/mol. The summed E-state index contributed by atoms with van der Waals surface area (Å²) in [4.78, 5) is 29.8. The molecule has 16 aromatic carbocycles. The quantitative estimate of drug-likeness (QED) is 0.141.